The maximum Gasteiger partial charge on any atom is 0.315 e. The topological polar surface area (TPSA) is 61.4 Å². The molecule has 0 saturated heterocycles. The molecule has 0 saturated carbocycles. The summed E-state index contributed by atoms with van der Waals surface area (Å²) in [5.74, 6) is 0.437. The highest BCUT2D eigenvalue weighted by Gasteiger charge is 2.23. The summed E-state index contributed by atoms with van der Waals surface area (Å²) in [4.78, 5) is 12.0. The van der Waals surface area contributed by atoms with Crippen LogP contribution in [0.3, 0.4) is 0 Å². The minimum Gasteiger partial charge on any atom is -0.396 e. The van der Waals surface area contributed by atoms with E-state index in [1.165, 1.54) is 12.1 Å². The van der Waals surface area contributed by atoms with E-state index in [4.69, 9.17) is 5.11 Å². The van der Waals surface area contributed by atoms with Gasteiger partial charge in [-0.05, 0) is 49.3 Å². The first kappa shape index (κ1) is 18.8. The molecule has 1 aromatic carbocycles. The van der Waals surface area contributed by atoms with Gasteiger partial charge in [0.15, 0.2) is 0 Å². The Morgan fingerprint density at radius 1 is 1.41 bits per heavy atom. The Kier molecular flexibility index (Phi) is 7.68. The molecule has 0 aliphatic heterocycles. The largest absolute Gasteiger partial charge is 0.396 e. The van der Waals surface area contributed by atoms with Crippen molar-refractivity contribution >= 4 is 17.8 Å². The second-order valence-electron chi connectivity index (χ2n) is 5.54. The van der Waals surface area contributed by atoms with Crippen molar-refractivity contribution in [3.05, 3.63) is 35.1 Å². The molecule has 1 aromatic rings. The number of carbonyl (C=O) groups is 1. The van der Waals surface area contributed by atoms with Gasteiger partial charge >= 0.3 is 6.03 Å². The fourth-order valence-electron chi connectivity index (χ4n) is 2.13. The van der Waals surface area contributed by atoms with Crippen LogP contribution < -0.4 is 10.6 Å². The number of amides is 2. The third-order valence-electron chi connectivity index (χ3n) is 3.77. The Balaban J connectivity index is 2.64. The summed E-state index contributed by atoms with van der Waals surface area (Å²) in [6, 6.07) is 4.33. The van der Waals surface area contributed by atoms with Crippen molar-refractivity contribution in [2.24, 2.45) is 0 Å². The van der Waals surface area contributed by atoms with E-state index in [-0.39, 0.29) is 18.5 Å². The lowest BCUT2D eigenvalue weighted by atomic mass is 9.95. The zero-order valence-electron chi connectivity index (χ0n) is 13.4. The molecule has 0 radical (unpaired) electrons. The molecule has 22 heavy (non-hydrogen) atoms. The lowest BCUT2D eigenvalue weighted by Gasteiger charge is -2.29. The quantitative estimate of drug-likeness (QED) is 0.687. The second-order valence-corrected chi connectivity index (χ2v) is 6.41. The van der Waals surface area contributed by atoms with Crippen LogP contribution in [-0.4, -0.2) is 29.5 Å². The Morgan fingerprint density at radius 3 is 2.73 bits per heavy atom. The van der Waals surface area contributed by atoms with Gasteiger partial charge in [-0.2, -0.15) is 11.8 Å². The SMILES string of the molecule is CCC(C)(CCO)NC(=O)NCc1ccc(F)cc1CSC. The third-order valence-corrected chi connectivity index (χ3v) is 4.37. The Bertz CT molecular complexity index is 499. The van der Waals surface area contributed by atoms with Crippen molar-refractivity contribution in [3.8, 4) is 0 Å². The van der Waals surface area contributed by atoms with Crippen LogP contribution in [0.1, 0.15) is 37.8 Å². The highest BCUT2D eigenvalue weighted by atomic mass is 32.2. The van der Waals surface area contributed by atoms with Crippen LogP contribution in [0.5, 0.6) is 0 Å². The molecule has 2 amide bonds. The highest BCUT2D eigenvalue weighted by molar-refractivity contribution is 7.97. The molecule has 0 aromatic heterocycles. The average molecular weight is 328 g/mol. The molecule has 1 unspecified atom stereocenters. The molecule has 1 atom stereocenters. The maximum absolute atomic E-state index is 13.3. The summed E-state index contributed by atoms with van der Waals surface area (Å²) < 4.78 is 13.3. The molecule has 3 N–H and O–H groups in total. The van der Waals surface area contributed by atoms with Crippen molar-refractivity contribution in [2.45, 2.75) is 44.5 Å². The van der Waals surface area contributed by atoms with Gasteiger partial charge in [-0.25, -0.2) is 9.18 Å². The monoisotopic (exact) mass is 328 g/mol. The Labute approximate surface area is 135 Å². The Morgan fingerprint density at radius 2 is 2.14 bits per heavy atom. The first-order valence-electron chi connectivity index (χ1n) is 7.37. The number of hydrogen-bond donors (Lipinski definition) is 3. The molecule has 0 aliphatic carbocycles. The number of urea groups is 1. The Hall–Kier alpha value is -1.27. The lowest BCUT2D eigenvalue weighted by molar-refractivity contribution is 0.200. The molecule has 0 fully saturated rings. The number of thioether (sulfide) groups is 1. The average Bonchev–Trinajstić information content (AvgIpc) is 2.47. The number of nitrogens with one attached hydrogen (secondary N) is 2. The zero-order valence-corrected chi connectivity index (χ0v) is 14.2. The van der Waals surface area contributed by atoms with Gasteiger partial charge in [0.2, 0.25) is 0 Å². The fraction of sp³-hybridized carbons (Fsp3) is 0.562. The van der Waals surface area contributed by atoms with Crippen LogP contribution in [0.15, 0.2) is 18.2 Å². The van der Waals surface area contributed by atoms with Crippen LogP contribution in [-0.2, 0) is 12.3 Å². The van der Waals surface area contributed by atoms with E-state index in [0.29, 0.717) is 18.7 Å². The number of rotatable bonds is 8. The number of aliphatic hydroxyl groups is 1. The molecule has 124 valence electrons. The van der Waals surface area contributed by atoms with Crippen LogP contribution >= 0.6 is 11.8 Å². The minimum atomic E-state index is -0.427. The maximum atomic E-state index is 13.3. The number of halogens is 1. The van der Waals surface area contributed by atoms with Crippen LogP contribution in [0, 0.1) is 5.82 Å². The predicted molar refractivity (Wildman–Crippen MR) is 89.4 cm³/mol. The zero-order chi connectivity index (χ0) is 16.6. The van der Waals surface area contributed by atoms with Crippen molar-refractivity contribution in [2.75, 3.05) is 12.9 Å². The number of hydrogen-bond acceptors (Lipinski definition) is 3. The van der Waals surface area contributed by atoms with Crippen molar-refractivity contribution in [3.63, 3.8) is 0 Å². The van der Waals surface area contributed by atoms with Gasteiger partial charge in [-0.15, -0.1) is 0 Å². The lowest BCUT2D eigenvalue weighted by Crippen LogP contribution is -2.50. The van der Waals surface area contributed by atoms with Crippen LogP contribution in [0.4, 0.5) is 9.18 Å². The number of aliphatic hydroxyl groups excluding tert-OH is 1. The van der Waals surface area contributed by atoms with Gasteiger partial charge in [0.1, 0.15) is 5.82 Å². The van der Waals surface area contributed by atoms with Crippen LogP contribution in [0.25, 0.3) is 0 Å². The summed E-state index contributed by atoms with van der Waals surface area (Å²) in [7, 11) is 0. The molecular weight excluding hydrogens is 303 g/mol. The van der Waals surface area contributed by atoms with E-state index in [9.17, 15) is 9.18 Å². The smallest absolute Gasteiger partial charge is 0.315 e. The first-order chi connectivity index (χ1) is 10.4. The summed E-state index contributed by atoms with van der Waals surface area (Å²) in [6.45, 7) is 4.24. The molecule has 0 spiro atoms. The highest BCUT2D eigenvalue weighted by Crippen LogP contribution is 2.17. The van der Waals surface area contributed by atoms with Crippen molar-refractivity contribution in [1.29, 1.82) is 0 Å². The molecule has 0 bridgehead atoms. The summed E-state index contributed by atoms with van der Waals surface area (Å²) in [5.41, 5.74) is 1.37. The van der Waals surface area contributed by atoms with E-state index in [1.807, 2.05) is 20.1 Å². The third kappa shape index (κ3) is 5.85. The molecule has 1 rings (SSSR count). The summed E-state index contributed by atoms with van der Waals surface area (Å²) >= 11 is 1.61. The normalized spacial score (nSPS) is 13.5. The number of benzene rings is 1. The standard InChI is InChI=1S/C16H25FN2O2S/c1-4-16(2,7-8-20)19-15(21)18-10-12-5-6-14(17)9-13(12)11-22-3/h5-6,9,20H,4,7-8,10-11H2,1-3H3,(H2,18,19,21). The molecule has 0 heterocycles. The van der Waals surface area contributed by atoms with E-state index in [2.05, 4.69) is 10.6 Å². The van der Waals surface area contributed by atoms with Gasteiger partial charge in [0.25, 0.3) is 0 Å². The van der Waals surface area contributed by atoms with Crippen molar-refractivity contribution < 1.29 is 14.3 Å². The minimum absolute atomic E-state index is 0.0282. The van der Waals surface area contributed by atoms with Gasteiger partial charge < -0.3 is 15.7 Å². The second kappa shape index (κ2) is 9.00. The van der Waals surface area contributed by atoms with Gasteiger partial charge in [-0.1, -0.05) is 13.0 Å². The molecular formula is C16H25FN2O2S. The van der Waals surface area contributed by atoms with Crippen LogP contribution in [0.2, 0.25) is 0 Å². The van der Waals surface area contributed by atoms with Crippen molar-refractivity contribution in [1.82, 2.24) is 10.6 Å². The number of carbonyl (C=O) groups excluding carboxylic acids is 1. The van der Waals surface area contributed by atoms with Gasteiger partial charge in [-0.3, -0.25) is 0 Å². The van der Waals surface area contributed by atoms with E-state index in [1.54, 1.807) is 17.8 Å². The van der Waals surface area contributed by atoms with Gasteiger partial charge in [0, 0.05) is 24.4 Å². The van der Waals surface area contributed by atoms with Gasteiger partial charge in [0.05, 0.1) is 0 Å². The van der Waals surface area contributed by atoms with E-state index >= 15 is 0 Å². The molecule has 6 heteroatoms. The predicted octanol–water partition coefficient (Wildman–Crippen LogP) is 3.04. The van der Waals surface area contributed by atoms with E-state index in [0.717, 1.165) is 17.5 Å². The summed E-state index contributed by atoms with van der Waals surface area (Å²) in [5, 5.41) is 14.8. The van der Waals surface area contributed by atoms with E-state index < -0.39 is 5.54 Å². The molecule has 4 nitrogen and oxygen atoms in total. The summed E-state index contributed by atoms with van der Waals surface area (Å²) in [6.07, 6.45) is 3.19. The fourth-order valence-corrected chi connectivity index (χ4v) is 2.70. The molecule has 0 aliphatic rings. The first-order valence-corrected chi connectivity index (χ1v) is 8.76.